The van der Waals surface area contributed by atoms with Gasteiger partial charge in [-0.15, -0.1) is 0 Å². The molecule has 18 heavy (non-hydrogen) atoms. The zero-order valence-electron chi connectivity index (χ0n) is 11.5. The first kappa shape index (κ1) is 13.5. The van der Waals surface area contributed by atoms with Crippen molar-refractivity contribution in [1.82, 2.24) is 5.32 Å². The molecule has 1 aromatic rings. The molecule has 1 saturated heterocycles. The van der Waals surface area contributed by atoms with E-state index in [4.69, 9.17) is 0 Å². The van der Waals surface area contributed by atoms with Crippen LogP contribution in [0, 0.1) is 5.92 Å². The SMILES string of the molecule is CC(C)(F)Cc1ccccc1CC1CCNCC1. The number of piperidine rings is 1. The highest BCUT2D eigenvalue weighted by Gasteiger charge is 2.20. The van der Waals surface area contributed by atoms with Gasteiger partial charge in [-0.1, -0.05) is 24.3 Å². The van der Waals surface area contributed by atoms with Crippen LogP contribution in [0.2, 0.25) is 0 Å². The topological polar surface area (TPSA) is 12.0 Å². The number of rotatable bonds is 4. The molecule has 0 aliphatic carbocycles. The van der Waals surface area contributed by atoms with Crippen LogP contribution in [0.4, 0.5) is 4.39 Å². The molecule has 0 spiro atoms. The quantitative estimate of drug-likeness (QED) is 0.861. The Labute approximate surface area is 110 Å². The van der Waals surface area contributed by atoms with Crippen LogP contribution < -0.4 is 5.32 Å². The van der Waals surface area contributed by atoms with Crippen molar-refractivity contribution in [3.63, 3.8) is 0 Å². The number of hydrogen-bond donors (Lipinski definition) is 1. The predicted molar refractivity (Wildman–Crippen MR) is 74.6 cm³/mol. The molecule has 1 N–H and O–H groups in total. The lowest BCUT2D eigenvalue weighted by atomic mass is 9.87. The van der Waals surface area contributed by atoms with Crippen LogP contribution in [-0.2, 0) is 12.8 Å². The van der Waals surface area contributed by atoms with Crippen molar-refractivity contribution in [3.05, 3.63) is 35.4 Å². The summed E-state index contributed by atoms with van der Waals surface area (Å²) in [6, 6.07) is 8.35. The normalized spacial score (nSPS) is 17.9. The van der Waals surface area contributed by atoms with Gasteiger partial charge in [-0.3, -0.25) is 0 Å². The van der Waals surface area contributed by atoms with E-state index < -0.39 is 5.67 Å². The van der Waals surface area contributed by atoms with Gasteiger partial charge in [0.1, 0.15) is 5.67 Å². The summed E-state index contributed by atoms with van der Waals surface area (Å²) in [5.41, 5.74) is 1.41. The zero-order chi connectivity index (χ0) is 13.0. The van der Waals surface area contributed by atoms with Crippen molar-refractivity contribution in [2.75, 3.05) is 13.1 Å². The minimum Gasteiger partial charge on any atom is -0.317 e. The molecule has 0 aromatic heterocycles. The van der Waals surface area contributed by atoms with Gasteiger partial charge in [0.25, 0.3) is 0 Å². The average molecular weight is 249 g/mol. The van der Waals surface area contributed by atoms with Gasteiger partial charge in [-0.25, -0.2) is 4.39 Å². The second-order valence-corrected chi connectivity index (χ2v) is 6.06. The van der Waals surface area contributed by atoms with Crippen molar-refractivity contribution in [1.29, 1.82) is 0 Å². The Morgan fingerprint density at radius 2 is 1.78 bits per heavy atom. The summed E-state index contributed by atoms with van der Waals surface area (Å²) < 4.78 is 13.8. The third-order valence-electron chi connectivity index (χ3n) is 3.70. The summed E-state index contributed by atoms with van der Waals surface area (Å²) in [6.07, 6.45) is 4.11. The Balaban J connectivity index is 2.06. The van der Waals surface area contributed by atoms with Gasteiger partial charge < -0.3 is 5.32 Å². The summed E-state index contributed by atoms with van der Waals surface area (Å²) in [6.45, 7) is 5.57. The van der Waals surface area contributed by atoms with E-state index >= 15 is 0 Å². The van der Waals surface area contributed by atoms with Crippen LogP contribution >= 0.6 is 0 Å². The molecule has 100 valence electrons. The summed E-state index contributed by atoms with van der Waals surface area (Å²) in [5.74, 6) is 0.759. The maximum absolute atomic E-state index is 13.8. The lowest BCUT2D eigenvalue weighted by Crippen LogP contribution is -2.29. The Bertz CT molecular complexity index is 375. The van der Waals surface area contributed by atoms with E-state index in [1.807, 2.05) is 6.07 Å². The van der Waals surface area contributed by atoms with Gasteiger partial charge >= 0.3 is 0 Å². The van der Waals surface area contributed by atoms with Crippen molar-refractivity contribution < 1.29 is 4.39 Å². The summed E-state index contributed by atoms with van der Waals surface area (Å²) in [4.78, 5) is 0. The van der Waals surface area contributed by atoms with Crippen LogP contribution in [0.15, 0.2) is 24.3 Å². The summed E-state index contributed by atoms with van der Waals surface area (Å²) >= 11 is 0. The highest BCUT2D eigenvalue weighted by atomic mass is 19.1. The van der Waals surface area contributed by atoms with Crippen LogP contribution in [0.5, 0.6) is 0 Å². The molecule has 0 saturated carbocycles. The molecule has 1 fully saturated rings. The first-order valence-electron chi connectivity index (χ1n) is 7.01. The molecular weight excluding hydrogens is 225 g/mol. The molecule has 1 nitrogen and oxygen atoms in total. The molecule has 2 rings (SSSR count). The molecule has 1 aliphatic heterocycles. The molecule has 0 atom stereocenters. The monoisotopic (exact) mass is 249 g/mol. The Kier molecular flexibility index (Phi) is 4.39. The Morgan fingerprint density at radius 1 is 1.17 bits per heavy atom. The van der Waals surface area contributed by atoms with E-state index in [0.29, 0.717) is 6.42 Å². The summed E-state index contributed by atoms with van der Waals surface area (Å²) in [7, 11) is 0. The van der Waals surface area contributed by atoms with E-state index in [2.05, 4.69) is 23.5 Å². The molecule has 0 unspecified atom stereocenters. The van der Waals surface area contributed by atoms with Crippen molar-refractivity contribution >= 4 is 0 Å². The van der Waals surface area contributed by atoms with Crippen molar-refractivity contribution in [2.45, 2.75) is 45.2 Å². The molecule has 1 aromatic carbocycles. The lowest BCUT2D eigenvalue weighted by Gasteiger charge is -2.24. The van der Waals surface area contributed by atoms with Crippen molar-refractivity contribution in [3.8, 4) is 0 Å². The zero-order valence-corrected chi connectivity index (χ0v) is 11.5. The smallest absolute Gasteiger partial charge is 0.109 e. The van der Waals surface area contributed by atoms with Gasteiger partial charge in [0, 0.05) is 6.42 Å². The molecule has 0 amide bonds. The molecule has 0 radical (unpaired) electrons. The highest BCUT2D eigenvalue weighted by Crippen LogP contribution is 2.24. The standard InChI is InChI=1S/C16H24FN/c1-16(2,17)12-15-6-4-3-5-14(15)11-13-7-9-18-10-8-13/h3-6,13,18H,7-12H2,1-2H3. The first-order valence-corrected chi connectivity index (χ1v) is 7.01. The van der Waals surface area contributed by atoms with Gasteiger partial charge in [0.2, 0.25) is 0 Å². The third-order valence-corrected chi connectivity index (χ3v) is 3.70. The maximum atomic E-state index is 13.8. The van der Waals surface area contributed by atoms with Crippen LogP contribution in [-0.4, -0.2) is 18.8 Å². The largest absolute Gasteiger partial charge is 0.317 e. The van der Waals surface area contributed by atoms with Gasteiger partial charge in [0.05, 0.1) is 0 Å². The van der Waals surface area contributed by atoms with Crippen LogP contribution in [0.3, 0.4) is 0 Å². The highest BCUT2D eigenvalue weighted by molar-refractivity contribution is 5.29. The molecular formula is C16H24FN. The molecule has 0 bridgehead atoms. The van der Waals surface area contributed by atoms with E-state index in [9.17, 15) is 4.39 Å². The van der Waals surface area contributed by atoms with E-state index in [0.717, 1.165) is 25.4 Å². The number of halogens is 1. The fourth-order valence-corrected chi connectivity index (χ4v) is 2.78. The van der Waals surface area contributed by atoms with Gasteiger partial charge in [0.15, 0.2) is 0 Å². The van der Waals surface area contributed by atoms with Crippen LogP contribution in [0.25, 0.3) is 0 Å². The van der Waals surface area contributed by atoms with Crippen molar-refractivity contribution in [2.24, 2.45) is 5.92 Å². The number of hydrogen-bond acceptors (Lipinski definition) is 1. The molecule has 1 heterocycles. The van der Waals surface area contributed by atoms with E-state index in [-0.39, 0.29) is 0 Å². The minimum absolute atomic E-state index is 0.522. The molecule has 2 heteroatoms. The predicted octanol–water partition coefficient (Wildman–Crippen LogP) is 3.52. The number of benzene rings is 1. The maximum Gasteiger partial charge on any atom is 0.109 e. The third kappa shape index (κ3) is 4.09. The van der Waals surface area contributed by atoms with Gasteiger partial charge in [-0.05, 0) is 63.2 Å². The Hall–Kier alpha value is -0.890. The average Bonchev–Trinajstić information content (AvgIpc) is 2.31. The minimum atomic E-state index is -1.12. The van der Waals surface area contributed by atoms with Crippen LogP contribution in [0.1, 0.15) is 37.8 Å². The summed E-state index contributed by atoms with van der Waals surface area (Å²) in [5, 5.41) is 3.39. The first-order chi connectivity index (χ1) is 8.54. The lowest BCUT2D eigenvalue weighted by molar-refractivity contribution is 0.216. The second kappa shape index (κ2) is 5.83. The fraction of sp³-hybridized carbons (Fsp3) is 0.625. The van der Waals surface area contributed by atoms with Gasteiger partial charge in [-0.2, -0.15) is 0 Å². The Morgan fingerprint density at radius 3 is 2.39 bits per heavy atom. The fourth-order valence-electron chi connectivity index (χ4n) is 2.78. The molecule has 1 aliphatic rings. The number of alkyl halides is 1. The van der Waals surface area contributed by atoms with E-state index in [1.54, 1.807) is 13.8 Å². The number of nitrogens with one attached hydrogen (secondary N) is 1. The second-order valence-electron chi connectivity index (χ2n) is 6.06. The van der Waals surface area contributed by atoms with E-state index in [1.165, 1.54) is 24.0 Å².